The average Bonchev–Trinajstić information content (AvgIpc) is 2.66. The van der Waals surface area contributed by atoms with Crippen LogP contribution in [0, 0.1) is 0 Å². The third-order valence-corrected chi connectivity index (χ3v) is 2.64. The lowest BCUT2D eigenvalue weighted by Crippen LogP contribution is -2.37. The largest absolute Gasteiger partial charge is 0.394 e. The van der Waals surface area contributed by atoms with Crippen LogP contribution < -0.4 is 17.0 Å². The van der Waals surface area contributed by atoms with Crippen molar-refractivity contribution >= 4 is 17.9 Å². The molecule has 0 saturated carbocycles. The van der Waals surface area contributed by atoms with Crippen LogP contribution in [0.4, 0.5) is 4.79 Å². The monoisotopic (exact) mass is 321 g/mol. The van der Waals surface area contributed by atoms with E-state index in [0.29, 0.717) is 0 Å². The quantitative estimate of drug-likeness (QED) is 0.318. The summed E-state index contributed by atoms with van der Waals surface area (Å²) in [6.07, 6.45) is -3.58. The van der Waals surface area contributed by atoms with Crippen molar-refractivity contribution in [2.75, 3.05) is 6.61 Å². The summed E-state index contributed by atoms with van der Waals surface area (Å²) in [6, 6.07) is 1.09. The van der Waals surface area contributed by atoms with Crippen molar-refractivity contribution in [3.05, 3.63) is 33.1 Å². The van der Waals surface area contributed by atoms with Crippen LogP contribution in [0.5, 0.6) is 0 Å². The average molecular weight is 321 g/mol. The maximum Gasteiger partial charge on any atom is 0.330 e. The number of hydrogen-bond donors (Lipinski definition) is 6. The zero-order chi connectivity index (χ0) is 16.2. The number of aromatic amines is 1. The van der Waals surface area contributed by atoms with E-state index in [1.165, 1.54) is 0 Å². The van der Waals surface area contributed by atoms with Gasteiger partial charge in [0.25, 0.3) is 10.8 Å². The smallest absolute Gasteiger partial charge is 0.330 e. The number of primary amides is 1. The maximum absolute atomic E-state index is 11.4. The van der Waals surface area contributed by atoms with Gasteiger partial charge in [-0.15, -0.1) is 0 Å². The lowest BCUT2D eigenvalue weighted by Gasteiger charge is -2.16. The van der Waals surface area contributed by atoms with Gasteiger partial charge in [0.15, 0.2) is 6.23 Å². The lowest BCUT2D eigenvalue weighted by molar-refractivity contribution is -0.0550. The van der Waals surface area contributed by atoms with Crippen molar-refractivity contribution in [2.24, 2.45) is 5.73 Å². The molecule has 10 nitrogen and oxygen atoms in total. The minimum absolute atomic E-state index is 0.479. The predicted molar refractivity (Wildman–Crippen MR) is 72.9 cm³/mol. The summed E-state index contributed by atoms with van der Waals surface area (Å²) in [7, 11) is 0. The SMILES string of the molecule is NC(=O)S.O=c1ccn([C@@H]2O[C@H](CO)[C@@H](O)[C@H]2O)c(=O)[nH]1. The predicted octanol–water partition coefficient (Wildman–Crippen LogP) is -2.86. The Bertz CT molecular complexity index is 597. The number of thiol groups is 1. The molecule has 0 spiro atoms. The molecule has 2 rings (SSSR count). The molecule has 0 radical (unpaired) electrons. The number of nitrogens with two attached hydrogens (primary N) is 1. The van der Waals surface area contributed by atoms with E-state index in [1.807, 2.05) is 4.98 Å². The van der Waals surface area contributed by atoms with Gasteiger partial charge in [0.2, 0.25) is 0 Å². The number of H-pyrrole nitrogens is 1. The number of aliphatic hydroxyl groups is 3. The van der Waals surface area contributed by atoms with E-state index < -0.39 is 47.6 Å². The number of hydrogen-bond acceptors (Lipinski definition) is 7. The Kier molecular flexibility index (Phi) is 6.11. The van der Waals surface area contributed by atoms with Crippen LogP contribution in [0.2, 0.25) is 0 Å². The number of aliphatic hydroxyl groups excluding tert-OH is 3. The van der Waals surface area contributed by atoms with Crippen molar-refractivity contribution in [3.8, 4) is 0 Å². The Hall–Kier alpha value is -1.66. The lowest BCUT2D eigenvalue weighted by atomic mass is 10.1. The van der Waals surface area contributed by atoms with Gasteiger partial charge in [-0.2, -0.15) is 0 Å². The van der Waals surface area contributed by atoms with Crippen LogP contribution in [-0.4, -0.2) is 55.0 Å². The molecule has 1 aliphatic heterocycles. The molecule has 2 heterocycles. The molecule has 1 amide bonds. The van der Waals surface area contributed by atoms with Gasteiger partial charge in [0.1, 0.15) is 18.3 Å². The Labute approximate surface area is 123 Å². The van der Waals surface area contributed by atoms with Gasteiger partial charge in [-0.3, -0.25) is 19.1 Å². The normalized spacial score (nSPS) is 27.8. The molecule has 1 aliphatic rings. The van der Waals surface area contributed by atoms with E-state index in [2.05, 4.69) is 18.4 Å². The molecule has 0 bridgehead atoms. The molecule has 6 N–H and O–H groups in total. The van der Waals surface area contributed by atoms with Gasteiger partial charge in [-0.25, -0.2) is 4.79 Å². The first-order chi connectivity index (χ1) is 9.77. The molecule has 1 fully saturated rings. The van der Waals surface area contributed by atoms with Crippen molar-refractivity contribution in [2.45, 2.75) is 24.5 Å². The van der Waals surface area contributed by atoms with Crippen molar-refractivity contribution < 1.29 is 24.9 Å². The molecule has 1 saturated heterocycles. The number of nitrogens with zero attached hydrogens (tertiary/aromatic N) is 1. The van der Waals surface area contributed by atoms with Gasteiger partial charge in [-0.05, 0) is 0 Å². The second-order valence-corrected chi connectivity index (χ2v) is 4.53. The van der Waals surface area contributed by atoms with Crippen molar-refractivity contribution in [3.63, 3.8) is 0 Å². The zero-order valence-corrected chi connectivity index (χ0v) is 11.5. The van der Waals surface area contributed by atoms with Crippen LogP contribution >= 0.6 is 12.6 Å². The zero-order valence-electron chi connectivity index (χ0n) is 10.6. The molecule has 1 aromatic rings. The van der Waals surface area contributed by atoms with Gasteiger partial charge >= 0.3 is 5.69 Å². The summed E-state index contributed by atoms with van der Waals surface area (Å²) >= 11 is 3.10. The van der Waals surface area contributed by atoms with Crippen molar-refractivity contribution in [1.82, 2.24) is 9.55 Å². The highest BCUT2D eigenvalue weighted by Crippen LogP contribution is 2.27. The summed E-state index contributed by atoms with van der Waals surface area (Å²) in [5.41, 5.74) is 3.01. The van der Waals surface area contributed by atoms with E-state index in [9.17, 15) is 19.8 Å². The van der Waals surface area contributed by atoms with E-state index in [-0.39, 0.29) is 0 Å². The first-order valence-corrected chi connectivity index (χ1v) is 6.15. The highest BCUT2D eigenvalue weighted by atomic mass is 32.1. The summed E-state index contributed by atoms with van der Waals surface area (Å²) in [4.78, 5) is 33.4. The number of aromatic nitrogens is 2. The van der Waals surface area contributed by atoms with Gasteiger partial charge in [0.05, 0.1) is 6.61 Å². The summed E-state index contributed by atoms with van der Waals surface area (Å²) in [5, 5.41) is 27.4. The fourth-order valence-corrected chi connectivity index (χ4v) is 1.74. The van der Waals surface area contributed by atoms with Gasteiger partial charge < -0.3 is 25.8 Å². The van der Waals surface area contributed by atoms with E-state index in [1.54, 1.807) is 0 Å². The maximum atomic E-state index is 11.4. The first-order valence-electron chi connectivity index (χ1n) is 5.70. The molecule has 1 aromatic heterocycles. The minimum atomic E-state index is -1.35. The number of ether oxygens (including phenoxy) is 1. The molecule has 118 valence electrons. The number of nitrogens with one attached hydrogen (secondary N) is 1. The third-order valence-electron chi connectivity index (χ3n) is 2.64. The van der Waals surface area contributed by atoms with Crippen molar-refractivity contribution in [1.29, 1.82) is 0 Å². The molecule has 0 aliphatic carbocycles. The standard InChI is InChI=1S/C9H12N2O6.CH3NOS/c12-3-4-6(14)7(15)8(17-4)11-2-1-5(13)10-9(11)16;2-1(3)4/h1-2,4,6-8,12,14-15H,3H2,(H,10,13,16);(H3,2,3,4)/t4-,6-,7-,8-;/m1./s1. The fraction of sp³-hybridized carbons (Fsp3) is 0.500. The molecule has 0 unspecified atom stereocenters. The van der Waals surface area contributed by atoms with Crippen LogP contribution in [0.15, 0.2) is 21.9 Å². The summed E-state index contributed by atoms with van der Waals surface area (Å²) in [5.74, 6) is 0. The highest BCUT2D eigenvalue weighted by Gasteiger charge is 2.43. The second kappa shape index (κ2) is 7.38. The summed E-state index contributed by atoms with van der Waals surface area (Å²) in [6.45, 7) is -0.479. The Morgan fingerprint density at radius 3 is 2.43 bits per heavy atom. The molecule has 0 aromatic carbocycles. The van der Waals surface area contributed by atoms with Gasteiger partial charge in [0, 0.05) is 12.3 Å². The van der Waals surface area contributed by atoms with Crippen LogP contribution in [0.1, 0.15) is 6.23 Å². The second-order valence-electron chi connectivity index (χ2n) is 4.08. The Morgan fingerprint density at radius 2 is 2.00 bits per heavy atom. The Balaban J connectivity index is 0.000000491. The Morgan fingerprint density at radius 1 is 1.43 bits per heavy atom. The first kappa shape index (κ1) is 17.4. The van der Waals surface area contributed by atoms with Gasteiger partial charge in [-0.1, -0.05) is 12.6 Å². The summed E-state index contributed by atoms with van der Waals surface area (Å²) < 4.78 is 6.08. The molecule has 11 heteroatoms. The fourth-order valence-electron chi connectivity index (χ4n) is 1.74. The number of carbonyl (C=O) groups excluding carboxylic acids is 1. The number of carbonyl (C=O) groups is 1. The van der Waals surface area contributed by atoms with Crippen LogP contribution in [-0.2, 0) is 4.74 Å². The highest BCUT2D eigenvalue weighted by molar-refractivity contribution is 7.96. The van der Waals surface area contributed by atoms with E-state index in [4.69, 9.17) is 14.6 Å². The van der Waals surface area contributed by atoms with Crippen LogP contribution in [0.25, 0.3) is 0 Å². The minimum Gasteiger partial charge on any atom is -0.394 e. The third kappa shape index (κ3) is 4.41. The topological polar surface area (TPSA) is 168 Å². The molecular formula is C10H15N3O7S. The molecule has 4 atom stereocenters. The van der Waals surface area contributed by atoms with E-state index in [0.717, 1.165) is 16.8 Å². The number of amides is 1. The van der Waals surface area contributed by atoms with Crippen LogP contribution in [0.3, 0.4) is 0 Å². The number of rotatable bonds is 2. The molecule has 21 heavy (non-hydrogen) atoms. The van der Waals surface area contributed by atoms with E-state index >= 15 is 0 Å². The molecular weight excluding hydrogens is 306 g/mol.